The molecule has 1 aromatic carbocycles. The molecule has 3 nitrogen and oxygen atoms in total. The van der Waals surface area contributed by atoms with Gasteiger partial charge >= 0.3 is 0 Å². The predicted octanol–water partition coefficient (Wildman–Crippen LogP) is 2.43. The molecule has 0 aliphatic carbocycles. The number of hydrogen-bond acceptors (Lipinski definition) is 3. The van der Waals surface area contributed by atoms with Crippen LogP contribution in [0.15, 0.2) is 22.7 Å². The van der Waals surface area contributed by atoms with Crippen molar-refractivity contribution < 1.29 is 12.8 Å². The van der Waals surface area contributed by atoms with Crippen LogP contribution < -0.4 is 5.32 Å². The van der Waals surface area contributed by atoms with Gasteiger partial charge in [0.2, 0.25) is 0 Å². The second-order valence-electron chi connectivity index (χ2n) is 4.57. The first-order valence-corrected chi connectivity index (χ1v) is 8.44. The van der Waals surface area contributed by atoms with Crippen LogP contribution in [0.2, 0.25) is 0 Å². The number of nitrogens with one attached hydrogen (secondary N) is 1. The van der Waals surface area contributed by atoms with Crippen LogP contribution in [0.25, 0.3) is 0 Å². The Labute approximate surface area is 115 Å². The van der Waals surface area contributed by atoms with E-state index in [1.165, 1.54) is 6.07 Å². The highest BCUT2D eigenvalue weighted by Gasteiger charge is 2.32. The first-order valence-electron chi connectivity index (χ1n) is 5.82. The molecule has 0 aromatic heterocycles. The molecule has 18 heavy (non-hydrogen) atoms. The molecule has 0 spiro atoms. The Balaban J connectivity index is 2.32. The minimum Gasteiger partial charge on any atom is -0.305 e. The summed E-state index contributed by atoms with van der Waals surface area (Å²) in [6.07, 6.45) is 0.716. The lowest BCUT2D eigenvalue weighted by molar-refractivity contribution is 0.429. The van der Waals surface area contributed by atoms with Gasteiger partial charge in [-0.3, -0.25) is 0 Å². The molecule has 1 aliphatic rings. The summed E-state index contributed by atoms with van der Waals surface area (Å²) in [5.74, 6) is -0.283. The van der Waals surface area contributed by atoms with E-state index in [4.69, 9.17) is 0 Å². The summed E-state index contributed by atoms with van der Waals surface area (Å²) in [5.41, 5.74) is 0.417. The molecule has 0 amide bonds. The summed E-state index contributed by atoms with van der Waals surface area (Å²) < 4.78 is 38.1. The summed E-state index contributed by atoms with van der Waals surface area (Å²) in [4.78, 5) is 0. The zero-order chi connectivity index (χ0) is 13.3. The largest absolute Gasteiger partial charge is 0.305 e. The Morgan fingerprint density at radius 3 is 2.78 bits per heavy atom. The highest BCUT2D eigenvalue weighted by molar-refractivity contribution is 9.10. The van der Waals surface area contributed by atoms with E-state index >= 15 is 0 Å². The molecule has 1 aliphatic heterocycles. The molecule has 1 N–H and O–H groups in total. The quantitative estimate of drug-likeness (QED) is 0.902. The summed E-state index contributed by atoms with van der Waals surface area (Å²) in [6, 6.07) is 4.16. The fourth-order valence-corrected chi connectivity index (χ4v) is 4.41. The highest BCUT2D eigenvalue weighted by Crippen LogP contribution is 2.26. The Morgan fingerprint density at radius 2 is 2.17 bits per heavy atom. The van der Waals surface area contributed by atoms with Crippen molar-refractivity contribution in [3.8, 4) is 0 Å². The fraction of sp³-hybridized carbons (Fsp3) is 0.500. The van der Waals surface area contributed by atoms with Crippen LogP contribution in [0, 0.1) is 5.82 Å². The number of benzene rings is 1. The minimum absolute atomic E-state index is 0.0396. The topological polar surface area (TPSA) is 46.2 Å². The maximum absolute atomic E-state index is 13.9. The van der Waals surface area contributed by atoms with Gasteiger partial charge in [-0.1, -0.05) is 28.9 Å². The second-order valence-corrected chi connectivity index (χ2v) is 7.64. The van der Waals surface area contributed by atoms with Gasteiger partial charge in [0.25, 0.3) is 0 Å². The molecule has 2 atom stereocenters. The van der Waals surface area contributed by atoms with Crippen molar-refractivity contribution in [1.29, 1.82) is 0 Å². The van der Waals surface area contributed by atoms with Gasteiger partial charge in [-0.25, -0.2) is 12.8 Å². The van der Waals surface area contributed by atoms with Crippen molar-refractivity contribution in [2.45, 2.75) is 25.4 Å². The second kappa shape index (κ2) is 5.27. The van der Waals surface area contributed by atoms with Gasteiger partial charge in [0.15, 0.2) is 9.84 Å². The Morgan fingerprint density at radius 1 is 1.44 bits per heavy atom. The van der Waals surface area contributed by atoms with E-state index in [0.717, 1.165) is 0 Å². The lowest BCUT2D eigenvalue weighted by atomic mass is 10.1. The Bertz CT molecular complexity index is 547. The molecule has 1 heterocycles. The SMILES string of the molecule is CCC1CS(=O)(=O)CC(c2ccc(Br)cc2F)N1. The summed E-state index contributed by atoms with van der Waals surface area (Å²) in [6.45, 7) is 1.92. The monoisotopic (exact) mass is 335 g/mol. The van der Waals surface area contributed by atoms with Crippen LogP contribution in [0.1, 0.15) is 24.9 Å². The van der Waals surface area contributed by atoms with E-state index in [-0.39, 0.29) is 23.4 Å². The molecule has 2 unspecified atom stereocenters. The van der Waals surface area contributed by atoms with Gasteiger partial charge in [0, 0.05) is 22.1 Å². The molecular weight excluding hydrogens is 321 g/mol. The molecule has 2 rings (SSSR count). The van der Waals surface area contributed by atoms with E-state index in [0.29, 0.717) is 16.5 Å². The van der Waals surface area contributed by atoms with Crippen LogP contribution in [-0.4, -0.2) is 26.0 Å². The average molecular weight is 336 g/mol. The normalized spacial score (nSPS) is 27.1. The van der Waals surface area contributed by atoms with Crippen LogP contribution >= 0.6 is 15.9 Å². The third-order valence-electron chi connectivity index (χ3n) is 3.14. The fourth-order valence-electron chi connectivity index (χ4n) is 2.21. The van der Waals surface area contributed by atoms with Gasteiger partial charge in [-0.15, -0.1) is 0 Å². The van der Waals surface area contributed by atoms with E-state index in [2.05, 4.69) is 21.2 Å². The van der Waals surface area contributed by atoms with Crippen LogP contribution in [0.5, 0.6) is 0 Å². The van der Waals surface area contributed by atoms with E-state index in [1.807, 2.05) is 6.92 Å². The molecule has 6 heteroatoms. The van der Waals surface area contributed by atoms with Gasteiger partial charge in [-0.2, -0.15) is 0 Å². The zero-order valence-corrected chi connectivity index (χ0v) is 12.4. The summed E-state index contributed by atoms with van der Waals surface area (Å²) in [5, 5.41) is 3.20. The van der Waals surface area contributed by atoms with Crippen molar-refractivity contribution in [3.63, 3.8) is 0 Å². The van der Waals surface area contributed by atoms with Gasteiger partial charge in [0.1, 0.15) is 5.82 Å². The smallest absolute Gasteiger partial charge is 0.153 e. The van der Waals surface area contributed by atoms with Gasteiger partial charge < -0.3 is 5.32 Å². The van der Waals surface area contributed by atoms with Gasteiger partial charge in [0.05, 0.1) is 11.5 Å². The van der Waals surface area contributed by atoms with Crippen LogP contribution in [0.3, 0.4) is 0 Å². The molecule has 1 aromatic rings. The van der Waals surface area contributed by atoms with Crippen LogP contribution in [0.4, 0.5) is 4.39 Å². The van der Waals surface area contributed by atoms with E-state index < -0.39 is 15.9 Å². The molecule has 1 saturated heterocycles. The van der Waals surface area contributed by atoms with Crippen molar-refractivity contribution >= 4 is 25.8 Å². The first-order chi connectivity index (χ1) is 8.41. The summed E-state index contributed by atoms with van der Waals surface area (Å²) in [7, 11) is -3.11. The maximum atomic E-state index is 13.9. The van der Waals surface area contributed by atoms with Crippen molar-refractivity contribution in [3.05, 3.63) is 34.1 Å². The molecule has 0 bridgehead atoms. The van der Waals surface area contributed by atoms with E-state index in [1.54, 1.807) is 12.1 Å². The number of halogens is 2. The minimum atomic E-state index is -3.11. The number of rotatable bonds is 2. The van der Waals surface area contributed by atoms with Crippen molar-refractivity contribution in [2.24, 2.45) is 0 Å². The summed E-state index contributed by atoms with van der Waals surface area (Å²) >= 11 is 3.19. The Hall–Kier alpha value is -0.460. The highest BCUT2D eigenvalue weighted by atomic mass is 79.9. The molecule has 100 valence electrons. The molecule has 0 radical (unpaired) electrons. The lowest BCUT2D eigenvalue weighted by Crippen LogP contribution is -2.47. The molecule has 1 fully saturated rings. The molecular formula is C12H15BrFNO2S. The lowest BCUT2D eigenvalue weighted by Gasteiger charge is -2.30. The van der Waals surface area contributed by atoms with Crippen LogP contribution in [-0.2, 0) is 9.84 Å². The third-order valence-corrected chi connectivity index (χ3v) is 5.39. The maximum Gasteiger partial charge on any atom is 0.153 e. The number of hydrogen-bond donors (Lipinski definition) is 1. The predicted molar refractivity (Wildman–Crippen MR) is 72.7 cm³/mol. The Kier molecular flexibility index (Phi) is 4.08. The average Bonchev–Trinajstić information content (AvgIpc) is 2.26. The van der Waals surface area contributed by atoms with Gasteiger partial charge in [-0.05, 0) is 18.6 Å². The van der Waals surface area contributed by atoms with Crippen molar-refractivity contribution in [1.82, 2.24) is 5.32 Å². The standard InChI is InChI=1S/C12H15BrFNO2S/c1-2-9-6-18(16,17)7-12(15-9)10-4-3-8(13)5-11(10)14/h3-5,9,12,15H,2,6-7H2,1H3. The van der Waals surface area contributed by atoms with Crippen molar-refractivity contribution in [2.75, 3.05) is 11.5 Å². The zero-order valence-electron chi connectivity index (χ0n) is 9.99. The number of sulfone groups is 1. The molecule has 0 saturated carbocycles. The third kappa shape index (κ3) is 3.10. The van der Waals surface area contributed by atoms with E-state index in [9.17, 15) is 12.8 Å². The first kappa shape index (κ1) is 14.0.